The van der Waals surface area contributed by atoms with Gasteiger partial charge in [-0.25, -0.2) is 9.67 Å². The molecule has 1 unspecified atom stereocenters. The molecule has 23 heavy (non-hydrogen) atoms. The predicted octanol–water partition coefficient (Wildman–Crippen LogP) is 0.0437. The number of H-pyrrole nitrogens is 1. The standard InChI is InChI=1S/C14H17N7O2/c1-20-10-4-6-15-21(10)7-5-9(14(20)23)11-17-12(19-18-11)13(22)16-8-2-3-8/h4,6,8-9H,2-3,5,7H2,1H3,(H,16,22)(H,17,18,19). The Kier molecular flexibility index (Phi) is 3.14. The summed E-state index contributed by atoms with van der Waals surface area (Å²) >= 11 is 0. The highest BCUT2D eigenvalue weighted by atomic mass is 16.2. The monoisotopic (exact) mass is 315 g/mol. The number of likely N-dealkylation sites (N-methyl/N-ethyl adjacent to an activating group) is 1. The van der Waals surface area contributed by atoms with Crippen molar-refractivity contribution in [2.45, 2.75) is 37.8 Å². The van der Waals surface area contributed by atoms with Gasteiger partial charge in [-0.05, 0) is 19.3 Å². The van der Waals surface area contributed by atoms with E-state index in [-0.39, 0.29) is 23.7 Å². The van der Waals surface area contributed by atoms with E-state index in [1.165, 1.54) is 0 Å². The number of rotatable bonds is 3. The molecule has 2 aliphatic rings. The molecule has 1 saturated carbocycles. The van der Waals surface area contributed by atoms with E-state index in [1.54, 1.807) is 28.9 Å². The van der Waals surface area contributed by atoms with Crippen LogP contribution in [0.1, 0.15) is 41.6 Å². The number of hydrogen-bond donors (Lipinski definition) is 2. The molecule has 1 atom stereocenters. The second kappa shape index (κ2) is 5.18. The topological polar surface area (TPSA) is 109 Å². The number of nitrogens with zero attached hydrogens (tertiary/aromatic N) is 5. The lowest BCUT2D eigenvalue weighted by Gasteiger charge is -2.17. The summed E-state index contributed by atoms with van der Waals surface area (Å²) in [6, 6.07) is 2.04. The molecule has 120 valence electrons. The van der Waals surface area contributed by atoms with Gasteiger partial charge < -0.3 is 5.32 Å². The molecule has 2 N–H and O–H groups in total. The highest BCUT2D eigenvalue weighted by Gasteiger charge is 2.33. The summed E-state index contributed by atoms with van der Waals surface area (Å²) in [5.74, 6) is 0.421. The van der Waals surface area contributed by atoms with Crippen LogP contribution in [0.4, 0.5) is 5.82 Å². The number of carbonyl (C=O) groups excluding carboxylic acids is 2. The van der Waals surface area contributed by atoms with Crippen molar-refractivity contribution in [2.75, 3.05) is 11.9 Å². The summed E-state index contributed by atoms with van der Waals surface area (Å²) in [6.45, 7) is 0.605. The Morgan fingerprint density at radius 2 is 2.22 bits per heavy atom. The fourth-order valence-electron chi connectivity index (χ4n) is 2.77. The van der Waals surface area contributed by atoms with Crippen LogP contribution in [0.25, 0.3) is 0 Å². The van der Waals surface area contributed by atoms with E-state index in [4.69, 9.17) is 0 Å². The van der Waals surface area contributed by atoms with Gasteiger partial charge in [-0.1, -0.05) is 0 Å². The number of amides is 2. The quantitative estimate of drug-likeness (QED) is 0.831. The summed E-state index contributed by atoms with van der Waals surface area (Å²) < 4.78 is 1.79. The van der Waals surface area contributed by atoms with Crippen molar-refractivity contribution < 1.29 is 9.59 Å². The molecule has 0 aromatic carbocycles. The molecule has 1 fully saturated rings. The molecule has 2 aromatic heterocycles. The zero-order valence-corrected chi connectivity index (χ0v) is 12.7. The largest absolute Gasteiger partial charge is 0.347 e. The normalized spacial score (nSPS) is 21.0. The Hall–Kier alpha value is -2.71. The Balaban J connectivity index is 1.56. The molecule has 0 bridgehead atoms. The average molecular weight is 315 g/mol. The second-order valence-corrected chi connectivity index (χ2v) is 5.94. The van der Waals surface area contributed by atoms with Crippen molar-refractivity contribution in [3.63, 3.8) is 0 Å². The fourth-order valence-corrected chi connectivity index (χ4v) is 2.77. The predicted molar refractivity (Wildman–Crippen MR) is 79.9 cm³/mol. The van der Waals surface area contributed by atoms with Gasteiger partial charge in [0.25, 0.3) is 5.91 Å². The number of anilines is 1. The molecule has 1 aliphatic carbocycles. The molecule has 2 aromatic rings. The van der Waals surface area contributed by atoms with Crippen molar-refractivity contribution >= 4 is 17.6 Å². The first-order valence-corrected chi connectivity index (χ1v) is 7.66. The van der Waals surface area contributed by atoms with E-state index in [0.29, 0.717) is 18.8 Å². The van der Waals surface area contributed by atoms with Crippen LogP contribution in [0.15, 0.2) is 12.3 Å². The Morgan fingerprint density at radius 3 is 3.00 bits per heavy atom. The number of fused-ring (bicyclic) bond motifs is 1. The fraction of sp³-hybridized carbons (Fsp3) is 0.500. The van der Waals surface area contributed by atoms with E-state index in [9.17, 15) is 9.59 Å². The molecule has 2 amide bonds. The van der Waals surface area contributed by atoms with Gasteiger partial charge in [0.1, 0.15) is 11.6 Å². The van der Waals surface area contributed by atoms with Gasteiger partial charge in [0.15, 0.2) is 0 Å². The van der Waals surface area contributed by atoms with Crippen LogP contribution in [0.2, 0.25) is 0 Å². The van der Waals surface area contributed by atoms with Gasteiger partial charge in [-0.15, -0.1) is 5.10 Å². The van der Waals surface area contributed by atoms with Crippen LogP contribution in [-0.4, -0.2) is 49.9 Å². The third-order valence-corrected chi connectivity index (χ3v) is 4.24. The first-order chi connectivity index (χ1) is 11.1. The van der Waals surface area contributed by atoms with Crippen molar-refractivity contribution in [3.8, 4) is 0 Å². The van der Waals surface area contributed by atoms with Crippen molar-refractivity contribution in [1.29, 1.82) is 0 Å². The Morgan fingerprint density at radius 1 is 1.39 bits per heavy atom. The van der Waals surface area contributed by atoms with Crippen LogP contribution < -0.4 is 10.2 Å². The average Bonchev–Trinajstić information content (AvgIpc) is 3.06. The van der Waals surface area contributed by atoms with Crippen LogP contribution in [0.3, 0.4) is 0 Å². The lowest BCUT2D eigenvalue weighted by molar-refractivity contribution is -0.119. The molecule has 0 radical (unpaired) electrons. The molecule has 1 aliphatic heterocycles. The minimum Gasteiger partial charge on any atom is -0.347 e. The number of aromatic amines is 1. The third kappa shape index (κ3) is 2.47. The number of carbonyl (C=O) groups is 2. The highest BCUT2D eigenvalue weighted by Crippen LogP contribution is 2.27. The van der Waals surface area contributed by atoms with Crippen molar-refractivity contribution in [1.82, 2.24) is 30.3 Å². The first kappa shape index (κ1) is 13.9. The molecular formula is C14H17N7O2. The van der Waals surface area contributed by atoms with E-state index in [1.807, 2.05) is 0 Å². The maximum Gasteiger partial charge on any atom is 0.291 e. The van der Waals surface area contributed by atoms with Crippen LogP contribution >= 0.6 is 0 Å². The Bertz CT molecular complexity index is 761. The molecule has 4 rings (SSSR count). The van der Waals surface area contributed by atoms with E-state index in [2.05, 4.69) is 25.6 Å². The zero-order chi connectivity index (χ0) is 16.0. The van der Waals surface area contributed by atoms with E-state index in [0.717, 1.165) is 18.7 Å². The van der Waals surface area contributed by atoms with Gasteiger partial charge in [-0.2, -0.15) is 5.10 Å². The van der Waals surface area contributed by atoms with Crippen LogP contribution in [0.5, 0.6) is 0 Å². The summed E-state index contributed by atoms with van der Waals surface area (Å²) in [7, 11) is 1.71. The highest BCUT2D eigenvalue weighted by molar-refractivity contribution is 5.97. The summed E-state index contributed by atoms with van der Waals surface area (Å²) in [5.41, 5.74) is 0. The number of aromatic nitrogens is 5. The molecular weight excluding hydrogens is 298 g/mol. The molecule has 3 heterocycles. The van der Waals surface area contributed by atoms with Gasteiger partial charge in [0.05, 0.1) is 12.1 Å². The van der Waals surface area contributed by atoms with Gasteiger partial charge in [0, 0.05) is 25.7 Å². The molecule has 9 heteroatoms. The SMILES string of the molecule is CN1C(=O)C(c2nc(C(=O)NC3CC3)n[nH]2)CCn2nccc21. The molecule has 9 nitrogen and oxygen atoms in total. The molecule has 0 saturated heterocycles. The summed E-state index contributed by atoms with van der Waals surface area (Å²) in [6.07, 6.45) is 4.23. The lowest BCUT2D eigenvalue weighted by Crippen LogP contribution is -2.31. The van der Waals surface area contributed by atoms with Gasteiger partial charge in [-0.3, -0.25) is 19.6 Å². The van der Waals surface area contributed by atoms with Crippen molar-refractivity contribution in [3.05, 3.63) is 23.9 Å². The second-order valence-electron chi connectivity index (χ2n) is 5.94. The smallest absolute Gasteiger partial charge is 0.291 e. The van der Waals surface area contributed by atoms with Gasteiger partial charge >= 0.3 is 0 Å². The summed E-state index contributed by atoms with van der Waals surface area (Å²) in [5, 5.41) is 13.8. The van der Waals surface area contributed by atoms with Crippen molar-refractivity contribution in [2.24, 2.45) is 0 Å². The van der Waals surface area contributed by atoms with E-state index < -0.39 is 5.92 Å². The number of nitrogens with one attached hydrogen (secondary N) is 2. The zero-order valence-electron chi connectivity index (χ0n) is 12.7. The molecule has 0 spiro atoms. The van der Waals surface area contributed by atoms with Crippen LogP contribution in [-0.2, 0) is 11.3 Å². The third-order valence-electron chi connectivity index (χ3n) is 4.24. The first-order valence-electron chi connectivity index (χ1n) is 7.66. The van der Waals surface area contributed by atoms with Crippen LogP contribution in [0, 0.1) is 0 Å². The number of aryl methyl sites for hydroxylation is 1. The maximum absolute atomic E-state index is 12.7. The lowest BCUT2D eigenvalue weighted by atomic mass is 10.0. The maximum atomic E-state index is 12.7. The minimum atomic E-state index is -0.461. The number of hydrogen-bond acceptors (Lipinski definition) is 5. The Labute approximate surface area is 132 Å². The van der Waals surface area contributed by atoms with E-state index >= 15 is 0 Å². The van der Waals surface area contributed by atoms with Gasteiger partial charge in [0.2, 0.25) is 11.7 Å². The summed E-state index contributed by atoms with van der Waals surface area (Å²) in [4.78, 5) is 30.4. The minimum absolute atomic E-state index is 0.0873.